The van der Waals surface area contributed by atoms with Crippen LogP contribution in [0.3, 0.4) is 0 Å². The quantitative estimate of drug-likeness (QED) is 0.0452. The number of aromatic nitrogens is 4. The Morgan fingerprint density at radius 2 is 1.68 bits per heavy atom. The fraction of sp³-hybridized carbons (Fsp3) is 0.667. The molecule has 57 heavy (non-hydrogen) atoms. The van der Waals surface area contributed by atoms with Crippen molar-refractivity contribution in [2.75, 3.05) is 44.3 Å². The number of ether oxygens (including phenoxy) is 1. The molecular weight excluding hydrogens is 849 g/mol. The van der Waals surface area contributed by atoms with Crippen LogP contribution in [-0.2, 0) is 55.5 Å². The van der Waals surface area contributed by atoms with Crippen molar-refractivity contribution in [3.05, 3.63) is 12.7 Å². The molecule has 3 amide bonds. The van der Waals surface area contributed by atoms with Gasteiger partial charge < -0.3 is 56.2 Å². The minimum Gasteiger partial charge on any atom is -0.386 e. The number of hydrogen-bond donors (Lipinski definition) is 10. The number of rotatable bonds is 23. The Morgan fingerprint density at radius 1 is 1.00 bits per heavy atom. The molecule has 7 unspecified atom stereocenters. The number of carbonyl (C=O) groups is 4. The first-order chi connectivity index (χ1) is 26.4. The normalized spacial score (nSPS) is 21.4. The maximum Gasteiger partial charge on any atom is 0.481 e. The van der Waals surface area contributed by atoms with Gasteiger partial charge in [0, 0.05) is 50.6 Å². The summed E-state index contributed by atoms with van der Waals surface area (Å²) in [7, 11) is -16.4. The minimum absolute atomic E-state index is 0.0249. The van der Waals surface area contributed by atoms with Gasteiger partial charge in [-0.2, -0.15) is 4.31 Å². The first kappa shape index (κ1) is 48.4. The second kappa shape index (κ2) is 20.8. The van der Waals surface area contributed by atoms with Crippen LogP contribution < -0.4 is 21.7 Å². The van der Waals surface area contributed by atoms with E-state index in [4.69, 9.17) is 19.5 Å². The number of amides is 3. The summed E-state index contributed by atoms with van der Waals surface area (Å²) in [5.41, 5.74) is 4.23. The first-order valence-corrected chi connectivity index (χ1v) is 22.2. The SMILES string of the molecule is CC(=O)NCCCC(=O)SCCNC(=O)CCNC(=O)C(O)C(C)(C)COP(=O)(O)OP(=O)(O)OCC1OC(n2cnc3c(N)ncnc32)C(O)C1OP(=O)(O)O. The van der Waals surface area contributed by atoms with Gasteiger partial charge in [0.2, 0.25) is 17.7 Å². The van der Waals surface area contributed by atoms with E-state index in [2.05, 4.69) is 39.7 Å². The molecule has 2 aromatic rings. The summed E-state index contributed by atoms with van der Waals surface area (Å²) in [5.74, 6) is -1.40. The van der Waals surface area contributed by atoms with E-state index in [1.165, 1.54) is 20.8 Å². The van der Waals surface area contributed by atoms with Gasteiger partial charge >= 0.3 is 23.5 Å². The molecular formula is C27H45N8O18P3S. The van der Waals surface area contributed by atoms with E-state index >= 15 is 0 Å². The van der Waals surface area contributed by atoms with Crippen LogP contribution >= 0.6 is 35.2 Å². The molecule has 0 bridgehead atoms. The molecule has 0 aliphatic carbocycles. The highest BCUT2D eigenvalue weighted by Gasteiger charge is 2.50. The van der Waals surface area contributed by atoms with Crippen LogP contribution in [0.5, 0.6) is 0 Å². The molecule has 1 fully saturated rings. The third-order valence-corrected chi connectivity index (χ3v) is 11.7. The minimum atomic E-state index is -5.58. The zero-order chi connectivity index (χ0) is 42.8. The number of nitrogen functional groups attached to an aromatic ring is 1. The number of phosphoric acid groups is 3. The number of hydrogen-bond acceptors (Lipinski definition) is 19. The molecule has 0 radical (unpaired) electrons. The molecule has 30 heteroatoms. The van der Waals surface area contributed by atoms with Gasteiger partial charge in [-0.15, -0.1) is 0 Å². The van der Waals surface area contributed by atoms with Gasteiger partial charge in [0.25, 0.3) is 0 Å². The fourth-order valence-electron chi connectivity index (χ4n) is 4.86. The Morgan fingerprint density at radius 3 is 2.35 bits per heavy atom. The lowest BCUT2D eigenvalue weighted by Crippen LogP contribution is -2.46. The van der Waals surface area contributed by atoms with Crippen molar-refractivity contribution in [1.82, 2.24) is 35.5 Å². The second-order valence-corrected chi connectivity index (χ2v) is 18.3. The molecule has 322 valence electrons. The number of fused-ring (bicyclic) bond motifs is 1. The van der Waals surface area contributed by atoms with E-state index < -0.39 is 84.6 Å². The van der Waals surface area contributed by atoms with E-state index in [9.17, 15) is 62.7 Å². The van der Waals surface area contributed by atoms with Crippen LogP contribution in [0.2, 0.25) is 0 Å². The lowest BCUT2D eigenvalue weighted by atomic mass is 9.87. The predicted molar refractivity (Wildman–Crippen MR) is 195 cm³/mol. The monoisotopic (exact) mass is 894 g/mol. The molecule has 2 aromatic heterocycles. The molecule has 0 aromatic carbocycles. The van der Waals surface area contributed by atoms with Crippen LogP contribution in [0.15, 0.2) is 12.7 Å². The Kier molecular flexibility index (Phi) is 17.7. The van der Waals surface area contributed by atoms with Crippen molar-refractivity contribution in [2.45, 2.75) is 70.7 Å². The predicted octanol–water partition coefficient (Wildman–Crippen LogP) is -1.42. The van der Waals surface area contributed by atoms with Crippen LogP contribution in [0, 0.1) is 5.41 Å². The maximum absolute atomic E-state index is 12.7. The lowest BCUT2D eigenvalue weighted by molar-refractivity contribution is -0.137. The standard InChI is InChI=1S/C27H45N8O18P3S/c1-15(36)29-7-4-5-18(38)57-10-9-30-17(37)6-8-31-25(41)22(40)27(2,3)12-50-56(47,48)53-55(45,46)49-11-16-21(52-54(42,43)44)20(39)26(51-16)35-14-34-19-23(28)32-13-33-24(19)35/h13-14,16,20-22,26,39-40H,4-12H2,1-3H3,(H,29,36)(H,30,37)(H,31,41)(H,45,46)(H,47,48)(H2,28,32,33)(H2,42,43,44). The largest absolute Gasteiger partial charge is 0.481 e. The van der Waals surface area contributed by atoms with Crippen molar-refractivity contribution in [2.24, 2.45) is 5.41 Å². The number of imidazole rings is 1. The Hall–Kier alpha value is -2.97. The molecule has 1 saturated heterocycles. The number of aliphatic hydroxyl groups excluding tert-OH is 2. The topological polar surface area (TPSA) is 393 Å². The Bertz CT molecular complexity index is 1880. The molecule has 0 spiro atoms. The summed E-state index contributed by atoms with van der Waals surface area (Å²) in [5, 5.41) is 28.8. The first-order valence-electron chi connectivity index (χ1n) is 16.7. The highest BCUT2D eigenvalue weighted by molar-refractivity contribution is 8.13. The number of phosphoric ester groups is 3. The number of anilines is 1. The summed E-state index contributed by atoms with van der Waals surface area (Å²) in [6, 6.07) is 0. The van der Waals surface area contributed by atoms with Crippen LogP contribution in [0.25, 0.3) is 11.2 Å². The van der Waals surface area contributed by atoms with Crippen molar-refractivity contribution < 1.29 is 85.3 Å². The van der Waals surface area contributed by atoms with Gasteiger partial charge in [0.1, 0.15) is 36.3 Å². The van der Waals surface area contributed by atoms with Gasteiger partial charge in [-0.05, 0) is 6.42 Å². The van der Waals surface area contributed by atoms with E-state index in [1.54, 1.807) is 0 Å². The van der Waals surface area contributed by atoms with E-state index in [0.717, 1.165) is 29.0 Å². The summed E-state index contributed by atoms with van der Waals surface area (Å²) < 4.78 is 62.0. The molecule has 11 N–H and O–H groups in total. The Balaban J connectivity index is 1.46. The fourth-order valence-corrected chi connectivity index (χ4v) is 8.41. The summed E-state index contributed by atoms with van der Waals surface area (Å²) in [6.45, 7) is 2.13. The van der Waals surface area contributed by atoms with Gasteiger partial charge in [-0.1, -0.05) is 25.6 Å². The highest BCUT2D eigenvalue weighted by Crippen LogP contribution is 2.61. The molecule has 3 rings (SSSR count). The van der Waals surface area contributed by atoms with Crippen molar-refractivity contribution >= 4 is 75.0 Å². The number of aliphatic hydroxyl groups is 2. The average Bonchev–Trinajstić information content (AvgIpc) is 3.66. The van der Waals surface area contributed by atoms with Gasteiger partial charge in [-0.3, -0.25) is 37.3 Å². The van der Waals surface area contributed by atoms with Crippen LogP contribution in [0.4, 0.5) is 5.82 Å². The number of carbonyl (C=O) groups excluding carboxylic acids is 4. The molecule has 1 aliphatic rings. The summed E-state index contributed by atoms with van der Waals surface area (Å²) >= 11 is 1.02. The zero-order valence-electron chi connectivity index (χ0n) is 30.6. The molecule has 26 nitrogen and oxygen atoms in total. The van der Waals surface area contributed by atoms with Crippen molar-refractivity contribution in [3.63, 3.8) is 0 Å². The zero-order valence-corrected chi connectivity index (χ0v) is 34.1. The van der Waals surface area contributed by atoms with Crippen molar-refractivity contribution in [1.29, 1.82) is 0 Å². The molecule has 0 saturated carbocycles. The number of nitrogens with one attached hydrogen (secondary N) is 3. The van der Waals surface area contributed by atoms with Gasteiger partial charge in [0.15, 0.2) is 22.8 Å². The van der Waals surface area contributed by atoms with E-state index in [-0.39, 0.29) is 53.9 Å². The second-order valence-electron chi connectivity index (χ2n) is 12.9. The van der Waals surface area contributed by atoms with Gasteiger partial charge in [0.05, 0.1) is 19.5 Å². The third-order valence-electron chi connectivity index (χ3n) is 7.70. The van der Waals surface area contributed by atoms with Crippen LogP contribution in [0.1, 0.15) is 46.3 Å². The Labute approximate surface area is 328 Å². The van der Waals surface area contributed by atoms with Gasteiger partial charge in [-0.25, -0.2) is 28.6 Å². The smallest absolute Gasteiger partial charge is 0.386 e. The number of thioether (sulfide) groups is 1. The third kappa shape index (κ3) is 15.6. The summed E-state index contributed by atoms with van der Waals surface area (Å²) in [6.07, 6.45) is -6.26. The number of nitrogens with two attached hydrogens (primary N) is 1. The number of nitrogens with zero attached hydrogens (tertiary/aromatic N) is 4. The maximum atomic E-state index is 12.7. The molecule has 3 heterocycles. The highest BCUT2D eigenvalue weighted by atomic mass is 32.2. The lowest BCUT2D eigenvalue weighted by Gasteiger charge is -2.30. The average molecular weight is 895 g/mol. The van der Waals surface area contributed by atoms with Crippen molar-refractivity contribution in [3.8, 4) is 0 Å². The van der Waals surface area contributed by atoms with Crippen LogP contribution in [-0.4, -0.2) is 135 Å². The molecule has 1 aliphatic heterocycles. The van der Waals surface area contributed by atoms with E-state index in [1.807, 2.05) is 0 Å². The molecule has 7 atom stereocenters. The summed E-state index contributed by atoms with van der Waals surface area (Å²) in [4.78, 5) is 98.2. The van der Waals surface area contributed by atoms with E-state index in [0.29, 0.717) is 18.7 Å².